The summed E-state index contributed by atoms with van der Waals surface area (Å²) in [6.07, 6.45) is 0. The number of nitrogens with one attached hydrogen (secondary N) is 1. The van der Waals surface area contributed by atoms with Crippen LogP contribution >= 0.6 is 0 Å². The molecule has 2 heteroatoms. The Balaban J connectivity index is 2.04. The van der Waals surface area contributed by atoms with Gasteiger partial charge in [0.1, 0.15) is 5.82 Å². The van der Waals surface area contributed by atoms with Crippen molar-refractivity contribution in [3.05, 3.63) is 84.7 Å². The minimum Gasteiger partial charge on any atom is -0.354 e. The molecule has 4 aromatic rings. The third-order valence-corrected chi connectivity index (χ3v) is 3.90. The van der Waals surface area contributed by atoms with E-state index in [2.05, 4.69) is 29.2 Å². The Kier molecular flexibility index (Phi) is 3.01. The van der Waals surface area contributed by atoms with Crippen LogP contribution in [0.4, 0.5) is 4.39 Å². The molecule has 0 bridgehead atoms. The van der Waals surface area contributed by atoms with E-state index in [9.17, 15) is 4.39 Å². The molecule has 0 aliphatic rings. The van der Waals surface area contributed by atoms with Crippen molar-refractivity contribution in [1.82, 2.24) is 4.98 Å². The largest absolute Gasteiger partial charge is 0.354 e. The summed E-state index contributed by atoms with van der Waals surface area (Å²) in [5.74, 6) is -0.221. The minimum atomic E-state index is -0.221. The molecule has 0 saturated heterocycles. The molecule has 4 rings (SSSR count). The van der Waals surface area contributed by atoms with Crippen molar-refractivity contribution in [2.24, 2.45) is 0 Å². The number of H-pyrrole nitrogens is 1. The van der Waals surface area contributed by atoms with Crippen LogP contribution in [0.5, 0.6) is 0 Å². The zero-order valence-electron chi connectivity index (χ0n) is 11.9. The van der Waals surface area contributed by atoms with Crippen LogP contribution < -0.4 is 0 Å². The molecule has 0 aliphatic heterocycles. The van der Waals surface area contributed by atoms with Crippen LogP contribution in [0.15, 0.2) is 78.9 Å². The van der Waals surface area contributed by atoms with E-state index in [-0.39, 0.29) is 5.82 Å². The summed E-state index contributed by atoms with van der Waals surface area (Å²) >= 11 is 0. The standard InChI is InChI=1S/C20H14FN/c21-16-12-10-15(11-13-16)20-19(14-6-2-1-3-7-14)17-8-4-5-9-18(17)22-20/h1-13,22H. The first-order valence-corrected chi connectivity index (χ1v) is 7.25. The van der Waals surface area contributed by atoms with Gasteiger partial charge in [0.2, 0.25) is 0 Å². The highest BCUT2D eigenvalue weighted by Crippen LogP contribution is 2.38. The van der Waals surface area contributed by atoms with Gasteiger partial charge in [0.05, 0.1) is 5.69 Å². The molecule has 0 aliphatic carbocycles. The predicted octanol–water partition coefficient (Wildman–Crippen LogP) is 5.64. The van der Waals surface area contributed by atoms with Gasteiger partial charge in [0.25, 0.3) is 0 Å². The van der Waals surface area contributed by atoms with E-state index in [1.54, 1.807) is 0 Å². The van der Waals surface area contributed by atoms with Gasteiger partial charge in [0.15, 0.2) is 0 Å². The average molecular weight is 287 g/mol. The maximum atomic E-state index is 13.2. The molecule has 0 unspecified atom stereocenters. The molecule has 0 radical (unpaired) electrons. The molecule has 0 atom stereocenters. The first-order valence-electron chi connectivity index (χ1n) is 7.25. The van der Waals surface area contributed by atoms with Crippen molar-refractivity contribution in [3.63, 3.8) is 0 Å². The van der Waals surface area contributed by atoms with Crippen molar-refractivity contribution in [2.45, 2.75) is 0 Å². The number of fused-ring (bicyclic) bond motifs is 1. The van der Waals surface area contributed by atoms with E-state index in [1.807, 2.05) is 42.5 Å². The van der Waals surface area contributed by atoms with Gasteiger partial charge >= 0.3 is 0 Å². The molecule has 0 saturated carbocycles. The Labute approximate surface area is 128 Å². The highest BCUT2D eigenvalue weighted by atomic mass is 19.1. The number of rotatable bonds is 2. The topological polar surface area (TPSA) is 15.8 Å². The zero-order valence-corrected chi connectivity index (χ0v) is 11.9. The van der Waals surface area contributed by atoms with Gasteiger partial charge in [-0.15, -0.1) is 0 Å². The zero-order chi connectivity index (χ0) is 14.9. The highest BCUT2D eigenvalue weighted by Gasteiger charge is 2.14. The van der Waals surface area contributed by atoms with Gasteiger partial charge in [-0.1, -0.05) is 48.5 Å². The van der Waals surface area contributed by atoms with Gasteiger partial charge < -0.3 is 4.98 Å². The van der Waals surface area contributed by atoms with Gasteiger partial charge in [-0.05, 0) is 41.5 Å². The first kappa shape index (κ1) is 12.8. The third kappa shape index (κ3) is 2.09. The molecule has 1 nitrogen and oxygen atoms in total. The van der Waals surface area contributed by atoms with E-state index < -0.39 is 0 Å². The Bertz CT molecular complexity index is 921. The fraction of sp³-hybridized carbons (Fsp3) is 0. The second-order valence-electron chi connectivity index (χ2n) is 5.29. The molecular weight excluding hydrogens is 273 g/mol. The average Bonchev–Trinajstić information content (AvgIpc) is 2.96. The van der Waals surface area contributed by atoms with Crippen molar-refractivity contribution in [1.29, 1.82) is 0 Å². The second kappa shape index (κ2) is 5.15. The van der Waals surface area contributed by atoms with E-state index in [0.29, 0.717) is 0 Å². The van der Waals surface area contributed by atoms with Crippen molar-refractivity contribution >= 4 is 10.9 Å². The maximum absolute atomic E-state index is 13.2. The van der Waals surface area contributed by atoms with Crippen LogP contribution in [0, 0.1) is 5.82 Å². The minimum absolute atomic E-state index is 0.221. The fourth-order valence-electron chi connectivity index (χ4n) is 2.88. The number of halogens is 1. The fourth-order valence-corrected chi connectivity index (χ4v) is 2.88. The molecule has 22 heavy (non-hydrogen) atoms. The SMILES string of the molecule is Fc1ccc(-c2[nH]c3ccccc3c2-c2ccccc2)cc1. The van der Waals surface area contributed by atoms with Gasteiger partial charge in [-0.3, -0.25) is 0 Å². The van der Waals surface area contributed by atoms with Crippen LogP contribution in [-0.2, 0) is 0 Å². The number of aromatic amines is 1. The van der Waals surface area contributed by atoms with Crippen molar-refractivity contribution < 1.29 is 4.39 Å². The van der Waals surface area contributed by atoms with Crippen LogP contribution in [0.3, 0.4) is 0 Å². The van der Waals surface area contributed by atoms with Crippen LogP contribution in [0.2, 0.25) is 0 Å². The maximum Gasteiger partial charge on any atom is 0.123 e. The number of hydrogen-bond acceptors (Lipinski definition) is 0. The lowest BCUT2D eigenvalue weighted by Gasteiger charge is -2.05. The van der Waals surface area contributed by atoms with Gasteiger partial charge in [0, 0.05) is 16.5 Å². The monoisotopic (exact) mass is 287 g/mol. The number of para-hydroxylation sites is 1. The quantitative estimate of drug-likeness (QED) is 0.491. The van der Waals surface area contributed by atoms with Gasteiger partial charge in [-0.25, -0.2) is 4.39 Å². The number of hydrogen-bond donors (Lipinski definition) is 1. The summed E-state index contributed by atoms with van der Waals surface area (Å²) in [7, 11) is 0. The summed E-state index contributed by atoms with van der Waals surface area (Å²) in [5.41, 5.74) is 5.40. The van der Waals surface area contributed by atoms with Crippen LogP contribution in [0.25, 0.3) is 33.3 Å². The molecule has 0 fully saturated rings. The predicted molar refractivity (Wildman–Crippen MR) is 89.1 cm³/mol. The van der Waals surface area contributed by atoms with Crippen molar-refractivity contribution in [2.75, 3.05) is 0 Å². The van der Waals surface area contributed by atoms with E-state index >= 15 is 0 Å². The molecule has 0 amide bonds. The second-order valence-corrected chi connectivity index (χ2v) is 5.29. The molecule has 3 aromatic carbocycles. The van der Waals surface area contributed by atoms with E-state index in [0.717, 1.165) is 27.9 Å². The molecular formula is C20H14FN. The summed E-state index contributed by atoms with van der Waals surface area (Å²) in [6, 6.07) is 25.1. The number of aromatic nitrogens is 1. The van der Waals surface area contributed by atoms with Crippen molar-refractivity contribution in [3.8, 4) is 22.4 Å². The highest BCUT2D eigenvalue weighted by molar-refractivity contribution is 6.03. The summed E-state index contributed by atoms with van der Waals surface area (Å²) < 4.78 is 13.2. The number of benzene rings is 3. The molecule has 0 spiro atoms. The normalized spacial score (nSPS) is 11.0. The summed E-state index contributed by atoms with van der Waals surface area (Å²) in [4.78, 5) is 3.48. The van der Waals surface area contributed by atoms with Crippen LogP contribution in [-0.4, -0.2) is 4.98 Å². The lowest BCUT2D eigenvalue weighted by molar-refractivity contribution is 0.628. The summed E-state index contributed by atoms with van der Waals surface area (Å²) in [5, 5.41) is 1.17. The Hall–Kier alpha value is -2.87. The Morgan fingerprint density at radius 1 is 0.636 bits per heavy atom. The lowest BCUT2D eigenvalue weighted by Crippen LogP contribution is -1.83. The lowest BCUT2D eigenvalue weighted by atomic mass is 9.98. The van der Waals surface area contributed by atoms with E-state index in [4.69, 9.17) is 0 Å². The third-order valence-electron chi connectivity index (χ3n) is 3.90. The molecule has 1 N–H and O–H groups in total. The van der Waals surface area contributed by atoms with Crippen LogP contribution in [0.1, 0.15) is 0 Å². The Morgan fingerprint density at radius 2 is 1.32 bits per heavy atom. The molecule has 1 heterocycles. The first-order chi connectivity index (χ1) is 10.8. The molecule has 106 valence electrons. The molecule has 1 aromatic heterocycles. The summed E-state index contributed by atoms with van der Waals surface area (Å²) in [6.45, 7) is 0. The Morgan fingerprint density at radius 3 is 2.09 bits per heavy atom. The smallest absolute Gasteiger partial charge is 0.123 e. The van der Waals surface area contributed by atoms with Gasteiger partial charge in [-0.2, -0.15) is 0 Å². The van der Waals surface area contributed by atoms with E-state index in [1.165, 1.54) is 17.5 Å².